The molecule has 1 atom stereocenters. The number of benzene rings is 1. The minimum Gasteiger partial charge on any atom is -0.394 e. The Morgan fingerprint density at radius 3 is 2.75 bits per heavy atom. The van der Waals surface area contributed by atoms with Crippen LogP contribution in [0, 0.1) is 11.7 Å². The summed E-state index contributed by atoms with van der Waals surface area (Å²) in [6.07, 6.45) is 5.40. The fourth-order valence-corrected chi connectivity index (χ4v) is 3.05. The van der Waals surface area contributed by atoms with E-state index in [0.29, 0.717) is 5.92 Å². The Hall–Kier alpha value is -1.13. The van der Waals surface area contributed by atoms with E-state index in [9.17, 15) is 14.3 Å². The van der Waals surface area contributed by atoms with Crippen LogP contribution in [0.2, 0.25) is 5.02 Å². The Labute approximate surface area is 123 Å². The first-order chi connectivity index (χ1) is 9.61. The molecule has 0 bridgehead atoms. The third-order valence-electron chi connectivity index (χ3n) is 3.84. The van der Waals surface area contributed by atoms with Crippen LogP contribution in [-0.4, -0.2) is 23.7 Å². The molecule has 1 aliphatic rings. The molecule has 5 heteroatoms. The Morgan fingerprint density at radius 1 is 1.45 bits per heavy atom. The Morgan fingerprint density at radius 2 is 2.15 bits per heavy atom. The largest absolute Gasteiger partial charge is 0.394 e. The number of halogens is 2. The molecule has 0 saturated heterocycles. The van der Waals surface area contributed by atoms with Crippen LogP contribution in [-0.2, 0) is 0 Å². The molecular weight excluding hydrogens is 281 g/mol. The van der Waals surface area contributed by atoms with Crippen LogP contribution in [0.3, 0.4) is 0 Å². The maximum Gasteiger partial charge on any atom is 0.256 e. The van der Waals surface area contributed by atoms with E-state index in [1.54, 1.807) is 0 Å². The molecule has 1 aromatic carbocycles. The van der Waals surface area contributed by atoms with Crippen LogP contribution in [0.25, 0.3) is 0 Å². The standard InChI is InChI=1S/C15H19ClFNO2/c16-12-6-3-7-13(17)14(12)15(20)18-11(9-19)8-10-4-1-2-5-10/h3,6-7,10-11,19H,1-2,4-5,8-9H2,(H,18,20)/t11-/m0/s1. The molecule has 1 amide bonds. The Kier molecular flexibility index (Phi) is 5.38. The first kappa shape index (κ1) is 15.3. The first-order valence-electron chi connectivity index (χ1n) is 6.97. The first-order valence-corrected chi connectivity index (χ1v) is 7.35. The fraction of sp³-hybridized carbons (Fsp3) is 0.533. The third kappa shape index (κ3) is 3.70. The average Bonchev–Trinajstić information content (AvgIpc) is 2.90. The summed E-state index contributed by atoms with van der Waals surface area (Å²) in [5.41, 5.74) is -0.154. The van der Waals surface area contributed by atoms with E-state index in [2.05, 4.69) is 5.32 Å². The van der Waals surface area contributed by atoms with Gasteiger partial charge in [0.1, 0.15) is 5.82 Å². The molecule has 20 heavy (non-hydrogen) atoms. The summed E-state index contributed by atoms with van der Waals surface area (Å²) >= 11 is 5.86. The van der Waals surface area contributed by atoms with Gasteiger partial charge in [-0.25, -0.2) is 4.39 Å². The van der Waals surface area contributed by atoms with Gasteiger partial charge in [-0.3, -0.25) is 4.79 Å². The van der Waals surface area contributed by atoms with E-state index < -0.39 is 11.7 Å². The molecule has 1 aliphatic carbocycles. The second-order valence-corrected chi connectivity index (χ2v) is 5.74. The zero-order valence-corrected chi connectivity index (χ0v) is 12.0. The molecule has 0 heterocycles. The maximum atomic E-state index is 13.7. The van der Waals surface area contributed by atoms with Gasteiger partial charge in [0.15, 0.2) is 0 Å². The lowest BCUT2D eigenvalue weighted by Crippen LogP contribution is -2.39. The van der Waals surface area contributed by atoms with Crippen molar-refractivity contribution in [1.82, 2.24) is 5.32 Å². The summed E-state index contributed by atoms with van der Waals surface area (Å²) in [5.74, 6) is -0.679. The Balaban J connectivity index is 2.01. The Bertz CT molecular complexity index is 455. The summed E-state index contributed by atoms with van der Waals surface area (Å²) in [6.45, 7) is -0.145. The molecule has 1 aromatic rings. The number of hydrogen-bond acceptors (Lipinski definition) is 2. The van der Waals surface area contributed by atoms with Crippen LogP contribution in [0.15, 0.2) is 18.2 Å². The van der Waals surface area contributed by atoms with Gasteiger partial charge in [-0.2, -0.15) is 0 Å². The highest BCUT2D eigenvalue weighted by Crippen LogP contribution is 2.28. The van der Waals surface area contributed by atoms with Crippen molar-refractivity contribution in [3.8, 4) is 0 Å². The third-order valence-corrected chi connectivity index (χ3v) is 4.15. The molecule has 110 valence electrons. The van der Waals surface area contributed by atoms with Gasteiger partial charge >= 0.3 is 0 Å². The van der Waals surface area contributed by atoms with Crippen LogP contribution >= 0.6 is 11.6 Å². The molecule has 2 N–H and O–H groups in total. The van der Waals surface area contributed by atoms with E-state index in [-0.39, 0.29) is 23.2 Å². The van der Waals surface area contributed by atoms with Crippen LogP contribution < -0.4 is 5.32 Å². The average molecular weight is 300 g/mol. The van der Waals surface area contributed by atoms with Crippen molar-refractivity contribution in [3.63, 3.8) is 0 Å². The zero-order chi connectivity index (χ0) is 14.5. The molecule has 0 aromatic heterocycles. The van der Waals surface area contributed by atoms with Crippen LogP contribution in [0.4, 0.5) is 4.39 Å². The smallest absolute Gasteiger partial charge is 0.256 e. The molecule has 0 aliphatic heterocycles. The summed E-state index contributed by atoms with van der Waals surface area (Å²) in [7, 11) is 0. The minimum atomic E-state index is -0.646. The predicted octanol–water partition coefficient (Wildman–Crippen LogP) is 3.15. The maximum absolute atomic E-state index is 13.7. The minimum absolute atomic E-state index is 0.0834. The number of nitrogens with one attached hydrogen (secondary N) is 1. The lowest BCUT2D eigenvalue weighted by Gasteiger charge is -2.20. The van der Waals surface area contributed by atoms with Crippen molar-refractivity contribution in [2.45, 2.75) is 38.1 Å². The summed E-state index contributed by atoms with van der Waals surface area (Å²) in [5, 5.41) is 12.1. The second-order valence-electron chi connectivity index (χ2n) is 5.34. The monoisotopic (exact) mass is 299 g/mol. The number of aliphatic hydroxyl groups excluding tert-OH is 1. The summed E-state index contributed by atoms with van der Waals surface area (Å²) in [4.78, 5) is 12.1. The summed E-state index contributed by atoms with van der Waals surface area (Å²) in [6, 6.07) is 3.79. The van der Waals surface area contributed by atoms with E-state index in [1.807, 2.05) is 0 Å². The number of aliphatic hydroxyl groups is 1. The van der Waals surface area contributed by atoms with Crippen molar-refractivity contribution in [2.24, 2.45) is 5.92 Å². The molecular formula is C15H19ClFNO2. The van der Waals surface area contributed by atoms with Gasteiger partial charge in [0.25, 0.3) is 5.91 Å². The normalized spacial score (nSPS) is 17.1. The van der Waals surface area contributed by atoms with Crippen molar-refractivity contribution < 1.29 is 14.3 Å². The van der Waals surface area contributed by atoms with Crippen molar-refractivity contribution in [3.05, 3.63) is 34.6 Å². The highest BCUT2D eigenvalue weighted by atomic mass is 35.5. The van der Waals surface area contributed by atoms with E-state index in [1.165, 1.54) is 31.0 Å². The van der Waals surface area contributed by atoms with Crippen molar-refractivity contribution >= 4 is 17.5 Å². The van der Waals surface area contributed by atoms with E-state index in [0.717, 1.165) is 19.3 Å². The number of amides is 1. The van der Waals surface area contributed by atoms with Gasteiger partial charge in [0.05, 0.1) is 23.2 Å². The predicted molar refractivity (Wildman–Crippen MR) is 76.3 cm³/mol. The van der Waals surface area contributed by atoms with Crippen molar-refractivity contribution in [2.75, 3.05) is 6.61 Å². The number of rotatable bonds is 5. The summed E-state index contributed by atoms with van der Waals surface area (Å²) < 4.78 is 13.7. The number of hydrogen-bond donors (Lipinski definition) is 2. The topological polar surface area (TPSA) is 49.3 Å². The quantitative estimate of drug-likeness (QED) is 0.877. The zero-order valence-electron chi connectivity index (χ0n) is 11.2. The lowest BCUT2D eigenvalue weighted by atomic mass is 9.98. The molecule has 0 unspecified atom stereocenters. The van der Waals surface area contributed by atoms with Gasteiger partial charge in [0.2, 0.25) is 0 Å². The fourth-order valence-electron chi connectivity index (χ4n) is 2.80. The molecule has 3 nitrogen and oxygen atoms in total. The highest BCUT2D eigenvalue weighted by Gasteiger charge is 2.23. The number of carbonyl (C=O) groups excluding carboxylic acids is 1. The van der Waals surface area contributed by atoms with E-state index in [4.69, 9.17) is 11.6 Å². The van der Waals surface area contributed by atoms with Crippen LogP contribution in [0.1, 0.15) is 42.5 Å². The molecule has 0 radical (unpaired) electrons. The van der Waals surface area contributed by atoms with Crippen LogP contribution in [0.5, 0.6) is 0 Å². The second kappa shape index (κ2) is 7.04. The van der Waals surface area contributed by atoms with Gasteiger partial charge in [-0.1, -0.05) is 43.4 Å². The van der Waals surface area contributed by atoms with Crippen molar-refractivity contribution in [1.29, 1.82) is 0 Å². The lowest BCUT2D eigenvalue weighted by molar-refractivity contribution is 0.0902. The number of carbonyl (C=O) groups is 1. The SMILES string of the molecule is O=C(N[C@H](CO)CC1CCCC1)c1c(F)cccc1Cl. The molecule has 1 fully saturated rings. The van der Waals surface area contributed by atoms with E-state index >= 15 is 0 Å². The van der Waals surface area contributed by atoms with Gasteiger partial charge < -0.3 is 10.4 Å². The van der Waals surface area contributed by atoms with Gasteiger partial charge in [-0.15, -0.1) is 0 Å². The molecule has 1 saturated carbocycles. The van der Waals surface area contributed by atoms with Gasteiger partial charge in [0, 0.05) is 0 Å². The highest BCUT2D eigenvalue weighted by molar-refractivity contribution is 6.33. The molecule has 0 spiro atoms. The molecule has 2 rings (SSSR count). The van der Waals surface area contributed by atoms with Gasteiger partial charge in [-0.05, 0) is 24.5 Å².